The molecule has 1 fully saturated rings. The number of carboxylic acids is 1. The molecule has 1 unspecified atom stereocenters. The van der Waals surface area contributed by atoms with Crippen molar-refractivity contribution in [3.05, 3.63) is 29.8 Å². The fraction of sp³-hybridized carbons (Fsp3) is 0.681. The second-order valence-corrected chi connectivity index (χ2v) is 18.5. The van der Waals surface area contributed by atoms with E-state index in [4.69, 9.17) is 29.8 Å². The minimum Gasteiger partial charge on any atom is -0.480 e. The summed E-state index contributed by atoms with van der Waals surface area (Å²) >= 11 is 0.884. The van der Waals surface area contributed by atoms with Crippen LogP contribution in [0.1, 0.15) is 77.7 Å². The molecular formula is C47H76N8O17S. The summed E-state index contributed by atoms with van der Waals surface area (Å²) in [6.07, 6.45) is 0.242. The summed E-state index contributed by atoms with van der Waals surface area (Å²) in [7, 11) is 0. The highest BCUT2D eigenvalue weighted by Gasteiger charge is 2.40. The van der Waals surface area contributed by atoms with E-state index in [1.807, 2.05) is 0 Å². The number of benzene rings is 1. The third-order valence-corrected chi connectivity index (χ3v) is 12.2. The molecule has 1 aromatic carbocycles. The number of ether oxygens (including phenoxy) is 4. The second kappa shape index (κ2) is 36.6. The summed E-state index contributed by atoms with van der Waals surface area (Å²) in [6.45, 7) is 6.76. The number of hydrogen-bond donors (Lipinski definition) is 11. The van der Waals surface area contributed by atoms with Crippen molar-refractivity contribution >= 4 is 70.7 Å². The van der Waals surface area contributed by atoms with E-state index in [9.17, 15) is 58.5 Å². The Balaban J connectivity index is 1.49. The quantitative estimate of drug-likeness (QED) is 0.0248. The molecule has 0 saturated carbocycles. The first-order chi connectivity index (χ1) is 34.9. The van der Waals surface area contributed by atoms with Crippen LogP contribution in [0.25, 0.3) is 0 Å². The Kier molecular flexibility index (Phi) is 32.0. The maximum absolute atomic E-state index is 13.0. The maximum Gasteiger partial charge on any atom is 0.327 e. The number of likely N-dealkylation sites (tertiary alicyclic amines) is 1. The topological polar surface area (TPSA) is 373 Å². The van der Waals surface area contributed by atoms with Gasteiger partial charge < -0.3 is 77.0 Å². The van der Waals surface area contributed by atoms with E-state index in [2.05, 4.69) is 31.9 Å². The van der Waals surface area contributed by atoms with Crippen LogP contribution in [0.4, 0.5) is 5.69 Å². The van der Waals surface area contributed by atoms with Crippen LogP contribution < -0.4 is 37.6 Å². The molecule has 1 heterocycles. The number of imide groups is 1. The van der Waals surface area contributed by atoms with E-state index >= 15 is 0 Å². The van der Waals surface area contributed by atoms with Crippen LogP contribution in [0.3, 0.4) is 0 Å². The first-order valence-corrected chi connectivity index (χ1v) is 25.4. The predicted molar refractivity (Wildman–Crippen MR) is 265 cm³/mol. The Morgan fingerprint density at radius 2 is 1.33 bits per heavy atom. The highest BCUT2D eigenvalue weighted by Crippen LogP contribution is 2.26. The molecule has 0 aromatic heterocycles. The summed E-state index contributed by atoms with van der Waals surface area (Å²) in [5.74, 6) is -5.90. The summed E-state index contributed by atoms with van der Waals surface area (Å²) in [5.41, 5.74) is 7.09. The average molecular weight is 1060 g/mol. The van der Waals surface area contributed by atoms with Gasteiger partial charge in [-0.15, -0.1) is 11.8 Å². The van der Waals surface area contributed by atoms with Crippen molar-refractivity contribution in [2.45, 2.75) is 114 Å². The van der Waals surface area contributed by atoms with Crippen molar-refractivity contribution in [2.75, 3.05) is 90.2 Å². The smallest absolute Gasteiger partial charge is 0.327 e. The van der Waals surface area contributed by atoms with Gasteiger partial charge in [0.25, 0.3) is 0 Å². The van der Waals surface area contributed by atoms with Crippen molar-refractivity contribution in [2.24, 2.45) is 11.7 Å². The third-order valence-electron chi connectivity index (χ3n) is 10.9. The van der Waals surface area contributed by atoms with Crippen molar-refractivity contribution in [1.82, 2.24) is 31.5 Å². The Labute approximate surface area is 429 Å². The van der Waals surface area contributed by atoms with Gasteiger partial charge >= 0.3 is 5.97 Å². The minimum absolute atomic E-state index is 0.00477. The van der Waals surface area contributed by atoms with Gasteiger partial charge in [-0.25, -0.2) is 4.79 Å². The number of unbranched alkanes of at least 4 members (excludes halogenated alkanes) is 1. The van der Waals surface area contributed by atoms with Gasteiger partial charge in [0.05, 0.1) is 83.5 Å². The van der Waals surface area contributed by atoms with Crippen LogP contribution >= 0.6 is 11.8 Å². The summed E-state index contributed by atoms with van der Waals surface area (Å²) < 4.78 is 21.8. The molecule has 2 rings (SSSR count). The SMILES string of the molecule is CC(C)[C@H](NC(=O)CCOCCOCCOCCOCCNC(=O)CCN1C(=O)CC(SC[C@@H](NC(=O)[C@@H](N)CCC(=O)NCCCC[C@H](O)CO)C(=O)O)C1=O)C(=O)N[C@@H](C)C(=O)Nc1ccc(CO)cc1. The number of carbonyl (C=O) groups is 9. The van der Waals surface area contributed by atoms with E-state index in [-0.39, 0.29) is 129 Å². The van der Waals surface area contributed by atoms with Crippen molar-refractivity contribution in [3.8, 4) is 0 Å². The predicted octanol–water partition coefficient (Wildman–Crippen LogP) is -2.10. The molecule has 73 heavy (non-hydrogen) atoms. The Hall–Kier alpha value is -5.32. The highest BCUT2D eigenvalue weighted by atomic mass is 32.2. The monoisotopic (exact) mass is 1060 g/mol. The zero-order valence-corrected chi connectivity index (χ0v) is 42.8. The molecule has 8 amide bonds. The third kappa shape index (κ3) is 27.0. The number of aliphatic hydroxyl groups is 3. The van der Waals surface area contributed by atoms with Gasteiger partial charge in [0, 0.05) is 56.8 Å². The second-order valence-electron chi connectivity index (χ2n) is 17.3. The van der Waals surface area contributed by atoms with Crippen LogP contribution in [-0.4, -0.2) is 199 Å². The van der Waals surface area contributed by atoms with E-state index in [1.54, 1.807) is 38.1 Å². The van der Waals surface area contributed by atoms with Gasteiger partial charge in [0.1, 0.15) is 18.1 Å². The molecule has 26 heteroatoms. The summed E-state index contributed by atoms with van der Waals surface area (Å²) in [4.78, 5) is 114. The van der Waals surface area contributed by atoms with E-state index in [0.717, 1.165) is 16.7 Å². The van der Waals surface area contributed by atoms with Gasteiger partial charge in [0.15, 0.2) is 0 Å². The lowest BCUT2D eigenvalue weighted by molar-refractivity contribution is -0.141. The number of aliphatic carboxylic acids is 1. The van der Waals surface area contributed by atoms with E-state index in [0.29, 0.717) is 37.1 Å². The lowest BCUT2D eigenvalue weighted by Crippen LogP contribution is -2.53. The van der Waals surface area contributed by atoms with E-state index < -0.39 is 82.8 Å². The standard InChI is InChI=1S/C47H76N8O17S/c1-30(2)42(45(65)51-31(3)43(63)52-33-9-7-32(27-56)8-10-33)54-40(61)14-18-69-20-22-71-24-25-72-23-21-70-19-16-50-39(60)13-17-55-41(62)26-37(46(55)66)73-29-36(47(67)68)53-44(64)35(48)11-12-38(59)49-15-5-4-6-34(58)28-57/h7-10,30-31,34-37,42,56-58H,4-6,11-29,48H2,1-3H3,(H,49,59)(H,50,60)(H,51,65)(H,52,63)(H,53,64)(H,54,61)(H,67,68)/t31-,34-,35-,36+,37?,42-/m0/s1. The number of thioether (sulfide) groups is 1. The van der Waals surface area contributed by atoms with Crippen LogP contribution in [0.2, 0.25) is 0 Å². The van der Waals surface area contributed by atoms with Crippen molar-refractivity contribution < 1.29 is 82.5 Å². The van der Waals surface area contributed by atoms with Gasteiger partial charge in [0.2, 0.25) is 47.3 Å². The minimum atomic E-state index is -1.43. The fourth-order valence-corrected chi connectivity index (χ4v) is 7.78. The first-order valence-electron chi connectivity index (χ1n) is 24.3. The number of rotatable bonds is 40. The molecule has 0 aliphatic carbocycles. The molecule has 1 aromatic rings. The summed E-state index contributed by atoms with van der Waals surface area (Å²) in [6, 6.07) is 2.25. The van der Waals surface area contributed by atoms with Crippen LogP contribution in [-0.2, 0) is 68.7 Å². The number of anilines is 1. The fourth-order valence-electron chi connectivity index (χ4n) is 6.60. The molecule has 0 bridgehead atoms. The molecule has 6 atom stereocenters. The molecule has 0 radical (unpaired) electrons. The normalized spacial score (nSPS) is 15.5. The lowest BCUT2D eigenvalue weighted by atomic mass is 10.0. The van der Waals surface area contributed by atoms with Gasteiger partial charge in [-0.3, -0.25) is 43.3 Å². The summed E-state index contributed by atoms with van der Waals surface area (Å²) in [5, 5.41) is 51.8. The average Bonchev–Trinajstić information content (AvgIpc) is 3.63. The number of nitrogens with two attached hydrogens (primary N) is 1. The number of carboxylic acid groups (broad SMARTS) is 1. The van der Waals surface area contributed by atoms with E-state index in [1.165, 1.54) is 6.92 Å². The molecule has 1 aliphatic rings. The molecular weight excluding hydrogens is 981 g/mol. The first kappa shape index (κ1) is 63.8. The number of aliphatic hydroxyl groups excluding tert-OH is 3. The molecule has 0 spiro atoms. The number of amides is 8. The lowest BCUT2D eigenvalue weighted by Gasteiger charge is -2.24. The van der Waals surface area contributed by atoms with Gasteiger partial charge in [-0.2, -0.15) is 0 Å². The largest absolute Gasteiger partial charge is 0.480 e. The van der Waals surface area contributed by atoms with Crippen molar-refractivity contribution in [1.29, 1.82) is 0 Å². The Morgan fingerprint density at radius 1 is 0.726 bits per heavy atom. The Morgan fingerprint density at radius 3 is 1.93 bits per heavy atom. The Bertz CT molecular complexity index is 1900. The van der Waals surface area contributed by atoms with Crippen LogP contribution in [0.5, 0.6) is 0 Å². The van der Waals surface area contributed by atoms with Crippen LogP contribution in [0.15, 0.2) is 24.3 Å². The number of carbonyl (C=O) groups excluding carboxylic acids is 8. The molecule has 1 aliphatic heterocycles. The number of hydrogen-bond acceptors (Lipinski definition) is 18. The number of nitrogens with one attached hydrogen (secondary N) is 6. The van der Waals surface area contributed by atoms with Gasteiger partial charge in [-0.05, 0) is 56.2 Å². The molecule has 1 saturated heterocycles. The maximum atomic E-state index is 13.0. The molecule has 412 valence electrons. The zero-order chi connectivity index (χ0) is 54.1. The molecule has 25 nitrogen and oxygen atoms in total. The highest BCUT2D eigenvalue weighted by molar-refractivity contribution is 8.00. The van der Waals surface area contributed by atoms with Crippen molar-refractivity contribution in [3.63, 3.8) is 0 Å². The van der Waals surface area contributed by atoms with Gasteiger partial charge in [-0.1, -0.05) is 26.0 Å². The number of nitrogens with zero attached hydrogens (tertiary/aromatic N) is 1. The zero-order valence-electron chi connectivity index (χ0n) is 41.9. The van der Waals surface area contributed by atoms with Crippen LogP contribution in [0, 0.1) is 5.92 Å². The molecule has 12 N–H and O–H groups in total.